The third kappa shape index (κ3) is 7.16. The molecule has 0 aromatic heterocycles. The molecule has 0 aliphatic rings. The van der Waals surface area contributed by atoms with Crippen LogP contribution < -0.4 is 0 Å². The number of hydrogen-bond donors (Lipinski definition) is 1. The van der Waals surface area contributed by atoms with E-state index in [2.05, 4.69) is 4.74 Å². The standard InChI is InChI=1S/C23H26O6/c1-23(2,27)29-22(26)20-10-6-16(7-11-20)4-5-18(15-24)14-17-8-12-19(13-9-17)21(25)28-3/h6-13,15,18,27H,4-5,14H2,1-3H3. The van der Waals surface area contributed by atoms with Crippen LogP contribution in [0.5, 0.6) is 0 Å². The quantitative estimate of drug-likeness (QED) is 0.396. The van der Waals surface area contributed by atoms with Gasteiger partial charge in [0, 0.05) is 19.8 Å². The van der Waals surface area contributed by atoms with E-state index in [4.69, 9.17) is 4.74 Å². The highest BCUT2D eigenvalue weighted by atomic mass is 16.7. The number of rotatable bonds is 9. The molecule has 29 heavy (non-hydrogen) atoms. The van der Waals surface area contributed by atoms with Gasteiger partial charge >= 0.3 is 11.9 Å². The molecule has 0 aliphatic heterocycles. The van der Waals surface area contributed by atoms with E-state index in [9.17, 15) is 19.5 Å². The Morgan fingerprint density at radius 2 is 1.48 bits per heavy atom. The van der Waals surface area contributed by atoms with Crippen molar-refractivity contribution in [3.05, 3.63) is 70.8 Å². The Morgan fingerprint density at radius 3 is 1.97 bits per heavy atom. The second-order valence-electron chi connectivity index (χ2n) is 7.36. The molecule has 0 bridgehead atoms. The Balaban J connectivity index is 1.91. The second kappa shape index (κ2) is 9.98. The van der Waals surface area contributed by atoms with Crippen molar-refractivity contribution < 1.29 is 29.0 Å². The molecule has 0 aliphatic carbocycles. The molecular weight excluding hydrogens is 372 g/mol. The van der Waals surface area contributed by atoms with E-state index in [0.29, 0.717) is 30.4 Å². The molecule has 0 spiro atoms. The highest BCUT2D eigenvalue weighted by molar-refractivity contribution is 5.90. The first-order chi connectivity index (χ1) is 13.7. The van der Waals surface area contributed by atoms with Crippen molar-refractivity contribution in [3.8, 4) is 0 Å². The number of carbonyl (C=O) groups excluding carboxylic acids is 3. The molecule has 154 valence electrons. The maximum Gasteiger partial charge on any atom is 0.340 e. The van der Waals surface area contributed by atoms with Gasteiger partial charge in [0.25, 0.3) is 0 Å². The summed E-state index contributed by atoms with van der Waals surface area (Å²) in [6.07, 6.45) is 2.88. The lowest BCUT2D eigenvalue weighted by molar-refractivity contribution is -0.136. The van der Waals surface area contributed by atoms with Crippen molar-refractivity contribution >= 4 is 18.2 Å². The van der Waals surface area contributed by atoms with Crippen molar-refractivity contribution in [2.24, 2.45) is 5.92 Å². The number of methoxy groups -OCH3 is 1. The van der Waals surface area contributed by atoms with Crippen molar-refractivity contribution in [2.45, 2.75) is 38.9 Å². The van der Waals surface area contributed by atoms with Crippen LogP contribution in [-0.4, -0.2) is 36.2 Å². The Hall–Kier alpha value is -2.99. The Bertz CT molecular complexity index is 831. The smallest absolute Gasteiger partial charge is 0.340 e. The normalized spacial score (nSPS) is 12.1. The van der Waals surface area contributed by atoms with Crippen molar-refractivity contribution in [3.63, 3.8) is 0 Å². The van der Waals surface area contributed by atoms with Crippen LogP contribution in [0, 0.1) is 5.92 Å². The third-order valence-corrected chi connectivity index (χ3v) is 4.40. The summed E-state index contributed by atoms with van der Waals surface area (Å²) in [4.78, 5) is 34.9. The van der Waals surface area contributed by atoms with Crippen molar-refractivity contribution in [2.75, 3.05) is 7.11 Å². The van der Waals surface area contributed by atoms with E-state index < -0.39 is 17.7 Å². The minimum absolute atomic E-state index is 0.154. The highest BCUT2D eigenvalue weighted by Crippen LogP contribution is 2.17. The predicted octanol–water partition coefficient (Wildman–Crippen LogP) is 3.35. The van der Waals surface area contributed by atoms with Crippen LogP contribution in [0.2, 0.25) is 0 Å². The zero-order valence-corrected chi connectivity index (χ0v) is 16.9. The SMILES string of the molecule is COC(=O)c1ccc(CC(C=O)CCc2ccc(C(=O)OC(C)(C)O)cc2)cc1. The first-order valence-electron chi connectivity index (χ1n) is 9.39. The molecule has 6 nitrogen and oxygen atoms in total. The number of aliphatic hydroxyl groups is 1. The van der Waals surface area contributed by atoms with Gasteiger partial charge in [-0.25, -0.2) is 9.59 Å². The molecule has 1 N–H and O–H groups in total. The summed E-state index contributed by atoms with van der Waals surface area (Å²) in [5.41, 5.74) is 2.80. The average Bonchev–Trinajstić information content (AvgIpc) is 2.70. The van der Waals surface area contributed by atoms with Crippen LogP contribution in [0.3, 0.4) is 0 Å². The van der Waals surface area contributed by atoms with Gasteiger partial charge < -0.3 is 19.4 Å². The Kier molecular flexibility index (Phi) is 7.67. The van der Waals surface area contributed by atoms with E-state index in [0.717, 1.165) is 17.4 Å². The third-order valence-electron chi connectivity index (χ3n) is 4.40. The number of hydrogen-bond acceptors (Lipinski definition) is 6. The first kappa shape index (κ1) is 22.3. The molecule has 0 radical (unpaired) electrons. The lowest BCUT2D eigenvalue weighted by Gasteiger charge is -2.18. The van der Waals surface area contributed by atoms with Crippen LogP contribution in [-0.2, 0) is 27.1 Å². The van der Waals surface area contributed by atoms with Gasteiger partial charge in [0.2, 0.25) is 5.79 Å². The molecule has 0 saturated heterocycles. The number of aryl methyl sites for hydroxylation is 1. The summed E-state index contributed by atoms with van der Waals surface area (Å²) in [5.74, 6) is -2.66. The molecule has 0 fully saturated rings. The summed E-state index contributed by atoms with van der Waals surface area (Å²) in [7, 11) is 1.33. The molecule has 0 heterocycles. The largest absolute Gasteiger partial charge is 0.465 e. The number of esters is 2. The Labute approximate surface area is 170 Å². The summed E-state index contributed by atoms with van der Waals surface area (Å²) >= 11 is 0. The number of carbonyl (C=O) groups is 3. The second-order valence-corrected chi connectivity index (χ2v) is 7.36. The van der Waals surface area contributed by atoms with Crippen LogP contribution in [0.4, 0.5) is 0 Å². The van der Waals surface area contributed by atoms with Crippen LogP contribution >= 0.6 is 0 Å². The summed E-state index contributed by atoms with van der Waals surface area (Å²) < 4.78 is 9.59. The van der Waals surface area contributed by atoms with Gasteiger partial charge in [-0.1, -0.05) is 24.3 Å². The van der Waals surface area contributed by atoms with E-state index in [1.807, 2.05) is 24.3 Å². The molecule has 0 saturated carbocycles. The highest BCUT2D eigenvalue weighted by Gasteiger charge is 2.19. The molecule has 1 unspecified atom stereocenters. The molecule has 0 amide bonds. The Morgan fingerprint density at radius 1 is 0.966 bits per heavy atom. The first-order valence-corrected chi connectivity index (χ1v) is 9.39. The van der Waals surface area contributed by atoms with Crippen molar-refractivity contribution in [1.82, 2.24) is 0 Å². The van der Waals surface area contributed by atoms with E-state index in [1.54, 1.807) is 24.3 Å². The molecular formula is C23H26O6. The monoisotopic (exact) mass is 398 g/mol. The molecule has 2 aromatic rings. The number of ether oxygens (including phenoxy) is 2. The van der Waals surface area contributed by atoms with Crippen LogP contribution in [0.15, 0.2) is 48.5 Å². The molecule has 2 rings (SSSR count). The van der Waals surface area contributed by atoms with E-state index in [-0.39, 0.29) is 5.92 Å². The topological polar surface area (TPSA) is 89.9 Å². The molecule has 2 aromatic carbocycles. The van der Waals surface area contributed by atoms with Gasteiger partial charge in [-0.3, -0.25) is 0 Å². The zero-order chi connectivity index (χ0) is 21.4. The summed E-state index contributed by atoms with van der Waals surface area (Å²) in [6, 6.07) is 13.9. The van der Waals surface area contributed by atoms with Gasteiger partial charge in [-0.05, 0) is 54.7 Å². The van der Waals surface area contributed by atoms with Crippen LogP contribution in [0.1, 0.15) is 52.1 Å². The average molecular weight is 398 g/mol. The maximum absolute atomic E-state index is 11.9. The van der Waals surface area contributed by atoms with Gasteiger partial charge in [0.05, 0.1) is 18.2 Å². The molecule has 1 atom stereocenters. The zero-order valence-electron chi connectivity index (χ0n) is 16.9. The predicted molar refractivity (Wildman–Crippen MR) is 108 cm³/mol. The lowest BCUT2D eigenvalue weighted by Crippen LogP contribution is -2.27. The fraction of sp³-hybridized carbons (Fsp3) is 0.348. The van der Waals surface area contributed by atoms with E-state index >= 15 is 0 Å². The minimum atomic E-state index is -1.53. The summed E-state index contributed by atoms with van der Waals surface area (Å²) in [6.45, 7) is 2.78. The maximum atomic E-state index is 11.9. The molecule has 6 heteroatoms. The van der Waals surface area contributed by atoms with Gasteiger partial charge in [0.15, 0.2) is 0 Å². The lowest BCUT2D eigenvalue weighted by atomic mass is 9.93. The van der Waals surface area contributed by atoms with Crippen molar-refractivity contribution in [1.29, 1.82) is 0 Å². The number of benzene rings is 2. The fourth-order valence-corrected chi connectivity index (χ4v) is 2.86. The van der Waals surface area contributed by atoms with Gasteiger partial charge in [0.1, 0.15) is 6.29 Å². The van der Waals surface area contributed by atoms with Crippen LogP contribution in [0.25, 0.3) is 0 Å². The fourth-order valence-electron chi connectivity index (χ4n) is 2.86. The van der Waals surface area contributed by atoms with E-state index in [1.165, 1.54) is 21.0 Å². The number of aldehydes is 1. The minimum Gasteiger partial charge on any atom is -0.465 e. The van der Waals surface area contributed by atoms with Gasteiger partial charge in [-0.15, -0.1) is 0 Å². The van der Waals surface area contributed by atoms with Gasteiger partial charge in [-0.2, -0.15) is 0 Å². The summed E-state index contributed by atoms with van der Waals surface area (Å²) in [5, 5.41) is 9.55.